The van der Waals surface area contributed by atoms with Crippen LogP contribution in [0.15, 0.2) is 30.6 Å². The van der Waals surface area contributed by atoms with Crippen LogP contribution < -0.4 is 0 Å². The molecule has 1 aromatic heterocycles. The molecule has 2 heterocycles. The largest absolute Gasteiger partial charge is 0.336 e. The monoisotopic (exact) mass is 274 g/mol. The number of aryl methyl sites for hydroxylation is 1. The van der Waals surface area contributed by atoms with E-state index >= 15 is 0 Å². The molecule has 1 amide bonds. The number of carbonyl (C=O) groups is 1. The first-order chi connectivity index (χ1) is 9.65. The lowest BCUT2D eigenvalue weighted by Crippen LogP contribution is -2.29. The minimum absolute atomic E-state index is 0.133. The van der Waals surface area contributed by atoms with E-state index in [9.17, 15) is 9.18 Å². The molecular formula is C14H15FN4O. The smallest absolute Gasteiger partial charge is 0.254 e. The van der Waals surface area contributed by atoms with E-state index in [4.69, 9.17) is 0 Å². The normalized spacial score (nSPS) is 18.5. The number of halogens is 1. The summed E-state index contributed by atoms with van der Waals surface area (Å²) in [5.74, 6) is -0.477. The fourth-order valence-electron chi connectivity index (χ4n) is 2.46. The quantitative estimate of drug-likeness (QED) is 0.839. The van der Waals surface area contributed by atoms with E-state index in [0.29, 0.717) is 24.2 Å². The van der Waals surface area contributed by atoms with Crippen molar-refractivity contribution in [2.24, 2.45) is 0 Å². The standard InChI is InChI=1S/C14H15FN4O/c1-10-2-3-11(8-13(10)15)14(20)18-6-4-12(9-18)19-7-5-16-17-19/h2-3,5,7-8,12H,4,6,9H2,1H3. The average molecular weight is 274 g/mol. The fraction of sp³-hybridized carbons (Fsp3) is 0.357. The van der Waals surface area contributed by atoms with Crippen LogP contribution in [0.5, 0.6) is 0 Å². The van der Waals surface area contributed by atoms with Gasteiger partial charge < -0.3 is 4.90 Å². The lowest BCUT2D eigenvalue weighted by Gasteiger charge is -2.16. The van der Waals surface area contributed by atoms with Gasteiger partial charge in [-0.2, -0.15) is 0 Å². The van der Waals surface area contributed by atoms with Crippen molar-refractivity contribution < 1.29 is 9.18 Å². The van der Waals surface area contributed by atoms with Crippen molar-refractivity contribution in [3.8, 4) is 0 Å². The summed E-state index contributed by atoms with van der Waals surface area (Å²) in [7, 11) is 0. The second-order valence-corrected chi connectivity index (χ2v) is 5.04. The van der Waals surface area contributed by atoms with Gasteiger partial charge in [-0.3, -0.25) is 4.79 Å². The van der Waals surface area contributed by atoms with Gasteiger partial charge in [0.25, 0.3) is 5.91 Å². The third-order valence-electron chi connectivity index (χ3n) is 3.68. The highest BCUT2D eigenvalue weighted by Gasteiger charge is 2.28. The van der Waals surface area contributed by atoms with Crippen molar-refractivity contribution in [2.45, 2.75) is 19.4 Å². The molecule has 1 saturated heterocycles. The topological polar surface area (TPSA) is 51.0 Å². The van der Waals surface area contributed by atoms with Crippen molar-refractivity contribution in [3.05, 3.63) is 47.5 Å². The SMILES string of the molecule is Cc1ccc(C(=O)N2CCC(n3ccnn3)C2)cc1F. The first-order valence-electron chi connectivity index (χ1n) is 6.56. The lowest BCUT2D eigenvalue weighted by molar-refractivity contribution is 0.0786. The zero-order valence-corrected chi connectivity index (χ0v) is 11.2. The Hall–Kier alpha value is -2.24. The number of carbonyl (C=O) groups excluding carboxylic acids is 1. The Morgan fingerprint density at radius 2 is 2.30 bits per heavy atom. The van der Waals surface area contributed by atoms with Crippen molar-refractivity contribution in [2.75, 3.05) is 13.1 Å². The number of nitrogens with zero attached hydrogens (tertiary/aromatic N) is 4. The molecule has 104 valence electrons. The van der Waals surface area contributed by atoms with Gasteiger partial charge in [0.1, 0.15) is 5.82 Å². The van der Waals surface area contributed by atoms with E-state index in [1.165, 1.54) is 6.07 Å². The van der Waals surface area contributed by atoms with Crippen LogP contribution in [0.3, 0.4) is 0 Å². The van der Waals surface area contributed by atoms with Gasteiger partial charge in [0.15, 0.2) is 0 Å². The van der Waals surface area contributed by atoms with E-state index in [1.54, 1.807) is 41.0 Å². The Labute approximate surface area is 116 Å². The minimum atomic E-state index is -0.345. The maximum Gasteiger partial charge on any atom is 0.254 e. The Bertz CT molecular complexity index is 626. The average Bonchev–Trinajstić information content (AvgIpc) is 3.11. The molecule has 0 bridgehead atoms. The molecule has 0 saturated carbocycles. The van der Waals surface area contributed by atoms with E-state index in [-0.39, 0.29) is 17.8 Å². The summed E-state index contributed by atoms with van der Waals surface area (Å²) in [6.07, 6.45) is 4.26. The summed E-state index contributed by atoms with van der Waals surface area (Å²) in [6, 6.07) is 4.76. The summed E-state index contributed by atoms with van der Waals surface area (Å²) < 4.78 is 15.3. The maximum atomic E-state index is 13.5. The number of aromatic nitrogens is 3. The summed E-state index contributed by atoms with van der Waals surface area (Å²) in [6.45, 7) is 2.91. The van der Waals surface area contributed by atoms with Crippen LogP contribution in [-0.4, -0.2) is 38.9 Å². The zero-order valence-electron chi connectivity index (χ0n) is 11.2. The van der Waals surface area contributed by atoms with Crippen LogP contribution in [0.1, 0.15) is 28.4 Å². The third kappa shape index (κ3) is 2.29. The van der Waals surface area contributed by atoms with Crippen LogP contribution in [0.25, 0.3) is 0 Å². The maximum absolute atomic E-state index is 13.5. The van der Waals surface area contributed by atoms with Gasteiger partial charge in [-0.1, -0.05) is 11.3 Å². The van der Waals surface area contributed by atoms with Crippen molar-refractivity contribution in [1.29, 1.82) is 0 Å². The fourth-order valence-corrected chi connectivity index (χ4v) is 2.46. The molecule has 0 radical (unpaired) electrons. The highest BCUT2D eigenvalue weighted by Crippen LogP contribution is 2.22. The number of hydrogen-bond acceptors (Lipinski definition) is 3. The molecule has 0 spiro atoms. The van der Waals surface area contributed by atoms with Gasteiger partial charge in [-0.05, 0) is 31.0 Å². The van der Waals surface area contributed by atoms with Crippen LogP contribution in [0, 0.1) is 12.7 Å². The molecule has 1 aliphatic heterocycles. The van der Waals surface area contributed by atoms with Crippen molar-refractivity contribution in [1.82, 2.24) is 19.9 Å². The molecule has 6 heteroatoms. The van der Waals surface area contributed by atoms with Gasteiger partial charge in [0, 0.05) is 24.8 Å². The first-order valence-corrected chi connectivity index (χ1v) is 6.56. The van der Waals surface area contributed by atoms with Gasteiger partial charge in [-0.25, -0.2) is 9.07 Å². The van der Waals surface area contributed by atoms with Crippen LogP contribution >= 0.6 is 0 Å². The number of likely N-dealkylation sites (tertiary alicyclic amines) is 1. The Morgan fingerprint density at radius 3 is 3.00 bits per heavy atom. The number of rotatable bonds is 2. The van der Waals surface area contributed by atoms with E-state index < -0.39 is 0 Å². The van der Waals surface area contributed by atoms with E-state index in [2.05, 4.69) is 10.3 Å². The highest BCUT2D eigenvalue weighted by molar-refractivity contribution is 5.94. The van der Waals surface area contributed by atoms with E-state index in [1.807, 2.05) is 0 Å². The summed E-state index contributed by atoms with van der Waals surface area (Å²) >= 11 is 0. The lowest BCUT2D eigenvalue weighted by atomic mass is 10.1. The van der Waals surface area contributed by atoms with Crippen LogP contribution in [-0.2, 0) is 0 Å². The molecule has 1 atom stereocenters. The van der Waals surface area contributed by atoms with Crippen LogP contribution in [0.2, 0.25) is 0 Å². The van der Waals surface area contributed by atoms with Crippen LogP contribution in [0.4, 0.5) is 4.39 Å². The molecule has 1 aliphatic rings. The Morgan fingerprint density at radius 1 is 1.45 bits per heavy atom. The highest BCUT2D eigenvalue weighted by atomic mass is 19.1. The minimum Gasteiger partial charge on any atom is -0.336 e. The summed E-state index contributed by atoms with van der Waals surface area (Å²) in [5, 5.41) is 7.74. The Kier molecular flexibility index (Phi) is 3.22. The number of hydrogen-bond donors (Lipinski definition) is 0. The first kappa shape index (κ1) is 12.8. The summed E-state index contributed by atoms with van der Waals surface area (Å²) in [4.78, 5) is 14.1. The zero-order chi connectivity index (χ0) is 14.1. The van der Waals surface area contributed by atoms with Gasteiger partial charge in [0.2, 0.25) is 0 Å². The van der Waals surface area contributed by atoms with E-state index in [0.717, 1.165) is 6.42 Å². The van der Waals surface area contributed by atoms with Crippen molar-refractivity contribution in [3.63, 3.8) is 0 Å². The summed E-state index contributed by atoms with van der Waals surface area (Å²) in [5.41, 5.74) is 0.941. The molecule has 2 aromatic rings. The van der Waals surface area contributed by atoms with Gasteiger partial charge >= 0.3 is 0 Å². The third-order valence-corrected chi connectivity index (χ3v) is 3.68. The second kappa shape index (κ2) is 5.03. The second-order valence-electron chi connectivity index (χ2n) is 5.04. The molecule has 0 N–H and O–H groups in total. The molecule has 1 fully saturated rings. The molecule has 3 rings (SSSR count). The molecular weight excluding hydrogens is 259 g/mol. The van der Waals surface area contributed by atoms with Gasteiger partial charge in [0.05, 0.1) is 12.2 Å². The molecule has 1 aromatic carbocycles. The number of amides is 1. The number of benzene rings is 1. The Balaban J connectivity index is 1.74. The molecule has 5 nitrogen and oxygen atoms in total. The predicted molar refractivity (Wildman–Crippen MR) is 70.7 cm³/mol. The molecule has 1 unspecified atom stereocenters. The molecule has 20 heavy (non-hydrogen) atoms. The van der Waals surface area contributed by atoms with Gasteiger partial charge in [-0.15, -0.1) is 5.10 Å². The predicted octanol–water partition coefficient (Wildman–Crippen LogP) is 1.81. The van der Waals surface area contributed by atoms with Crippen molar-refractivity contribution >= 4 is 5.91 Å². The molecule has 0 aliphatic carbocycles.